The van der Waals surface area contributed by atoms with Crippen molar-refractivity contribution in [2.45, 2.75) is 12.9 Å². The van der Waals surface area contributed by atoms with E-state index in [9.17, 15) is 28.1 Å². The number of nitrogens with zero attached hydrogens (tertiary/aromatic N) is 4. The highest BCUT2D eigenvalue weighted by Crippen LogP contribution is 2.22. The van der Waals surface area contributed by atoms with Crippen LogP contribution in [0.4, 0.5) is 19.1 Å². The Kier molecular flexibility index (Phi) is 4.96. The molecule has 1 amide bonds. The summed E-state index contributed by atoms with van der Waals surface area (Å²) in [6, 6.07) is 4.39. The van der Waals surface area contributed by atoms with Crippen LogP contribution < -0.4 is 10.1 Å². The molecule has 24 heavy (non-hydrogen) atoms. The van der Waals surface area contributed by atoms with Crippen LogP contribution in [0.15, 0.2) is 30.6 Å². The van der Waals surface area contributed by atoms with E-state index < -0.39 is 28.9 Å². The normalized spacial score (nSPS) is 11.1. The van der Waals surface area contributed by atoms with Crippen molar-refractivity contribution >= 4 is 11.9 Å². The molecule has 0 radical (unpaired) electrons. The molecular formula is C12H10F3N5O4. The predicted octanol–water partition coefficient (Wildman–Crippen LogP) is 1.51. The van der Waals surface area contributed by atoms with Gasteiger partial charge >= 0.3 is 12.3 Å². The number of alkyl halides is 3. The van der Waals surface area contributed by atoms with E-state index in [2.05, 4.69) is 20.1 Å². The average molecular weight is 345 g/mol. The molecule has 1 aromatic carbocycles. The van der Waals surface area contributed by atoms with E-state index in [0.717, 1.165) is 18.5 Å². The van der Waals surface area contributed by atoms with Crippen LogP contribution in [0.3, 0.4) is 0 Å². The van der Waals surface area contributed by atoms with Crippen LogP contribution in [0.1, 0.15) is 10.4 Å². The fourth-order valence-corrected chi connectivity index (χ4v) is 1.67. The molecule has 1 heterocycles. The fraction of sp³-hybridized carbons (Fsp3) is 0.250. The second-order valence-electron chi connectivity index (χ2n) is 4.39. The van der Waals surface area contributed by atoms with Crippen molar-refractivity contribution < 1.29 is 27.6 Å². The Bertz CT molecular complexity index is 729. The Labute approximate surface area is 132 Å². The van der Waals surface area contributed by atoms with E-state index in [1.54, 1.807) is 0 Å². The molecular weight excluding hydrogens is 335 g/mol. The van der Waals surface area contributed by atoms with Gasteiger partial charge in [0.15, 0.2) is 0 Å². The standard InChI is InChI=1S/C12H10F3N5O4/c13-12(14,15)24-9-3-1-8(2-4-9)10(21)16-5-6-19-7-17-11(18-19)20(22)23/h1-4,7H,5-6H2,(H,16,21). The van der Waals surface area contributed by atoms with Crippen LogP contribution in [0.2, 0.25) is 0 Å². The first-order chi connectivity index (χ1) is 11.2. The van der Waals surface area contributed by atoms with Gasteiger partial charge in [-0.2, -0.15) is 4.68 Å². The minimum Gasteiger partial charge on any atom is -0.406 e. The highest BCUT2D eigenvalue weighted by atomic mass is 19.4. The van der Waals surface area contributed by atoms with E-state index in [1.165, 1.54) is 16.8 Å². The van der Waals surface area contributed by atoms with Crippen LogP contribution in [0.25, 0.3) is 0 Å². The summed E-state index contributed by atoms with van der Waals surface area (Å²) in [5.41, 5.74) is 0.133. The maximum atomic E-state index is 12.0. The molecule has 12 heteroatoms. The maximum absolute atomic E-state index is 12.0. The predicted molar refractivity (Wildman–Crippen MR) is 72.1 cm³/mol. The molecule has 128 valence electrons. The highest BCUT2D eigenvalue weighted by Gasteiger charge is 2.31. The number of amides is 1. The highest BCUT2D eigenvalue weighted by molar-refractivity contribution is 5.94. The first kappa shape index (κ1) is 17.2. The van der Waals surface area contributed by atoms with E-state index in [1.807, 2.05) is 0 Å². The van der Waals surface area contributed by atoms with Gasteiger partial charge < -0.3 is 20.2 Å². The monoisotopic (exact) mass is 345 g/mol. The van der Waals surface area contributed by atoms with Crippen molar-refractivity contribution in [1.29, 1.82) is 0 Å². The average Bonchev–Trinajstić information content (AvgIpc) is 2.95. The third-order valence-corrected chi connectivity index (χ3v) is 2.66. The second kappa shape index (κ2) is 6.93. The molecule has 0 aliphatic heterocycles. The SMILES string of the molecule is O=C(NCCn1cnc([N+](=O)[O-])n1)c1ccc(OC(F)(F)F)cc1. The van der Waals surface area contributed by atoms with Crippen LogP contribution >= 0.6 is 0 Å². The van der Waals surface area contributed by atoms with Crippen molar-refractivity contribution in [2.75, 3.05) is 6.54 Å². The second-order valence-corrected chi connectivity index (χ2v) is 4.39. The summed E-state index contributed by atoms with van der Waals surface area (Å²) in [4.78, 5) is 24.9. The van der Waals surface area contributed by atoms with E-state index in [-0.39, 0.29) is 18.7 Å². The van der Waals surface area contributed by atoms with Crippen molar-refractivity contribution in [3.63, 3.8) is 0 Å². The first-order valence-electron chi connectivity index (χ1n) is 6.42. The summed E-state index contributed by atoms with van der Waals surface area (Å²) in [6.07, 6.45) is -3.66. The van der Waals surface area contributed by atoms with E-state index in [0.29, 0.717) is 0 Å². The number of rotatable bonds is 6. The van der Waals surface area contributed by atoms with Gasteiger partial charge in [-0.3, -0.25) is 4.79 Å². The van der Waals surface area contributed by atoms with Crippen molar-refractivity contribution in [3.05, 3.63) is 46.3 Å². The zero-order valence-electron chi connectivity index (χ0n) is 11.9. The third-order valence-electron chi connectivity index (χ3n) is 2.66. The smallest absolute Gasteiger partial charge is 0.406 e. The zero-order chi connectivity index (χ0) is 17.7. The molecule has 0 spiro atoms. The molecule has 0 unspecified atom stereocenters. The number of ether oxygens (including phenoxy) is 1. The Hall–Kier alpha value is -3.18. The zero-order valence-corrected chi connectivity index (χ0v) is 11.9. The van der Waals surface area contributed by atoms with Crippen molar-refractivity contribution in [2.24, 2.45) is 0 Å². The first-order valence-corrected chi connectivity index (χ1v) is 6.42. The number of aromatic nitrogens is 3. The van der Waals surface area contributed by atoms with Gasteiger partial charge in [0.2, 0.25) is 6.33 Å². The summed E-state index contributed by atoms with van der Waals surface area (Å²) in [5.74, 6) is -1.52. The Morgan fingerprint density at radius 2 is 2.00 bits per heavy atom. The summed E-state index contributed by atoms with van der Waals surface area (Å²) < 4.78 is 40.9. The number of carbonyl (C=O) groups is 1. The molecule has 0 fully saturated rings. The Balaban J connectivity index is 1.84. The molecule has 9 nitrogen and oxygen atoms in total. The number of nitrogens with one attached hydrogen (secondary N) is 1. The Morgan fingerprint density at radius 3 is 2.54 bits per heavy atom. The summed E-state index contributed by atoms with van der Waals surface area (Å²) in [7, 11) is 0. The summed E-state index contributed by atoms with van der Waals surface area (Å²) in [6.45, 7) is 0.238. The number of halogens is 3. The molecule has 0 aliphatic carbocycles. The van der Waals surface area contributed by atoms with Gasteiger partial charge in [-0.15, -0.1) is 13.2 Å². The maximum Gasteiger partial charge on any atom is 0.573 e. The summed E-state index contributed by atoms with van der Waals surface area (Å²) in [5, 5.41) is 16.5. The fourth-order valence-electron chi connectivity index (χ4n) is 1.67. The topological polar surface area (TPSA) is 112 Å². The van der Waals surface area contributed by atoms with Crippen LogP contribution in [0.5, 0.6) is 5.75 Å². The lowest BCUT2D eigenvalue weighted by Crippen LogP contribution is -2.27. The minimum atomic E-state index is -4.80. The lowest BCUT2D eigenvalue weighted by molar-refractivity contribution is -0.394. The lowest BCUT2D eigenvalue weighted by atomic mass is 10.2. The largest absolute Gasteiger partial charge is 0.573 e. The van der Waals surface area contributed by atoms with Gasteiger partial charge in [0.25, 0.3) is 5.91 Å². The van der Waals surface area contributed by atoms with Crippen molar-refractivity contribution in [3.8, 4) is 5.75 Å². The van der Waals surface area contributed by atoms with Gasteiger partial charge in [0, 0.05) is 17.2 Å². The molecule has 0 saturated carbocycles. The number of carbonyl (C=O) groups excluding carboxylic acids is 1. The number of hydrogen-bond donors (Lipinski definition) is 1. The molecule has 0 bridgehead atoms. The van der Waals surface area contributed by atoms with Gasteiger partial charge in [-0.25, -0.2) is 0 Å². The van der Waals surface area contributed by atoms with Crippen LogP contribution in [-0.4, -0.2) is 38.5 Å². The van der Waals surface area contributed by atoms with Gasteiger partial charge in [0.1, 0.15) is 5.75 Å². The molecule has 0 atom stereocenters. The quantitative estimate of drug-likeness (QED) is 0.627. The number of nitro groups is 1. The lowest BCUT2D eigenvalue weighted by Gasteiger charge is -2.09. The van der Waals surface area contributed by atoms with E-state index in [4.69, 9.17) is 0 Å². The van der Waals surface area contributed by atoms with Crippen molar-refractivity contribution in [1.82, 2.24) is 20.1 Å². The van der Waals surface area contributed by atoms with Gasteiger partial charge in [-0.05, 0) is 29.2 Å². The third kappa shape index (κ3) is 4.93. The van der Waals surface area contributed by atoms with E-state index >= 15 is 0 Å². The Morgan fingerprint density at radius 1 is 1.33 bits per heavy atom. The molecule has 1 N–H and O–H groups in total. The molecule has 1 aromatic heterocycles. The minimum absolute atomic E-state index is 0.0974. The number of benzene rings is 1. The molecule has 2 aromatic rings. The molecule has 2 rings (SSSR count). The van der Waals surface area contributed by atoms with Crippen LogP contribution in [-0.2, 0) is 6.54 Å². The number of hydrogen-bond acceptors (Lipinski definition) is 6. The molecule has 0 aliphatic rings. The molecule has 0 saturated heterocycles. The van der Waals surface area contributed by atoms with Crippen LogP contribution in [0, 0.1) is 10.1 Å². The van der Waals surface area contributed by atoms with Gasteiger partial charge in [-0.1, -0.05) is 4.98 Å². The van der Waals surface area contributed by atoms with Gasteiger partial charge in [0.05, 0.1) is 6.54 Å². The summed E-state index contributed by atoms with van der Waals surface area (Å²) >= 11 is 0.